The van der Waals surface area contributed by atoms with Crippen molar-refractivity contribution >= 4 is 17.2 Å². The van der Waals surface area contributed by atoms with Gasteiger partial charge in [0.1, 0.15) is 0 Å². The smallest absolute Gasteiger partial charge is 0.396 e. The highest BCUT2D eigenvalue weighted by Gasteiger charge is 2.31. The Morgan fingerprint density at radius 2 is 2.07 bits per heavy atom. The number of aliphatic hydroxyl groups is 1. The van der Waals surface area contributed by atoms with E-state index in [0.717, 1.165) is 12.1 Å². The Bertz CT molecular complexity index is 923. The first kappa shape index (κ1) is 19.1. The maximum Gasteiger partial charge on any atom is 0.416 e. The summed E-state index contributed by atoms with van der Waals surface area (Å²) in [6.07, 6.45) is -4.12. The largest absolute Gasteiger partial charge is 0.416 e. The van der Waals surface area contributed by atoms with Gasteiger partial charge in [0.2, 0.25) is 5.82 Å². The van der Waals surface area contributed by atoms with Crippen LogP contribution in [-0.4, -0.2) is 38.9 Å². The molecule has 0 unspecified atom stereocenters. The molecule has 0 aliphatic carbocycles. The van der Waals surface area contributed by atoms with Crippen molar-refractivity contribution in [3.63, 3.8) is 0 Å². The van der Waals surface area contributed by atoms with Gasteiger partial charge in [-0.3, -0.25) is 4.79 Å². The number of rotatable bonds is 6. The lowest BCUT2D eigenvalue weighted by atomic mass is 10.2. The van der Waals surface area contributed by atoms with Crippen molar-refractivity contribution < 1.29 is 23.1 Å². The molecular formula is C17H15F3N4O2S. The molecule has 6 nitrogen and oxygen atoms in total. The van der Waals surface area contributed by atoms with Crippen LogP contribution in [0.4, 0.5) is 13.2 Å². The summed E-state index contributed by atoms with van der Waals surface area (Å²) in [5.41, 5.74) is -0.670. The molecular weight excluding hydrogens is 381 g/mol. The molecule has 3 aromatic rings. The van der Waals surface area contributed by atoms with Gasteiger partial charge in [-0.15, -0.1) is 16.4 Å². The SMILES string of the molecule is O=C(NCCCO)c1nc(-c2cccs2)n(-c2cccc(C(F)(F)F)c2)n1. The molecule has 0 atom stereocenters. The highest BCUT2D eigenvalue weighted by atomic mass is 32.1. The Labute approximate surface area is 156 Å². The maximum atomic E-state index is 13.0. The first-order valence-electron chi connectivity index (χ1n) is 7.98. The average molecular weight is 396 g/mol. The molecule has 1 amide bonds. The zero-order valence-electron chi connectivity index (χ0n) is 13.9. The van der Waals surface area contributed by atoms with E-state index >= 15 is 0 Å². The van der Waals surface area contributed by atoms with Gasteiger partial charge in [0.25, 0.3) is 5.91 Å². The fourth-order valence-corrected chi connectivity index (χ4v) is 3.03. The molecule has 2 N–H and O–H groups in total. The standard InChI is InChI=1S/C17H15F3N4O2S/c18-17(19,20)11-4-1-5-12(10-11)24-15(13-6-2-9-27-13)22-14(23-24)16(26)21-7-3-8-25/h1-2,4-6,9-10,25H,3,7-8H2,(H,21,26). The van der Waals surface area contributed by atoms with E-state index in [1.807, 2.05) is 0 Å². The number of carbonyl (C=O) groups excluding carboxylic acids is 1. The van der Waals surface area contributed by atoms with E-state index < -0.39 is 17.6 Å². The van der Waals surface area contributed by atoms with Crippen LogP contribution >= 0.6 is 11.3 Å². The van der Waals surface area contributed by atoms with Gasteiger partial charge in [0.05, 0.1) is 16.1 Å². The number of hydrogen-bond donors (Lipinski definition) is 2. The van der Waals surface area contributed by atoms with Crippen LogP contribution in [-0.2, 0) is 6.18 Å². The van der Waals surface area contributed by atoms with Crippen molar-refractivity contribution in [2.24, 2.45) is 0 Å². The summed E-state index contributed by atoms with van der Waals surface area (Å²) in [5.74, 6) is -0.447. The van der Waals surface area contributed by atoms with Crippen LogP contribution in [0.25, 0.3) is 16.4 Å². The third-order valence-electron chi connectivity index (χ3n) is 3.59. The molecule has 0 aliphatic rings. The number of benzene rings is 1. The normalized spacial score (nSPS) is 11.6. The van der Waals surface area contributed by atoms with Gasteiger partial charge >= 0.3 is 6.18 Å². The molecule has 10 heteroatoms. The third-order valence-corrected chi connectivity index (χ3v) is 4.46. The topological polar surface area (TPSA) is 80.0 Å². The summed E-state index contributed by atoms with van der Waals surface area (Å²) < 4.78 is 40.3. The summed E-state index contributed by atoms with van der Waals surface area (Å²) in [6, 6.07) is 8.18. The number of aromatic nitrogens is 3. The van der Waals surface area contributed by atoms with Crippen LogP contribution in [0.5, 0.6) is 0 Å². The summed E-state index contributed by atoms with van der Waals surface area (Å²) in [7, 11) is 0. The second kappa shape index (κ2) is 7.89. The number of halogens is 3. The molecule has 0 aliphatic heterocycles. The molecule has 0 radical (unpaired) electrons. The average Bonchev–Trinajstić information content (AvgIpc) is 3.30. The van der Waals surface area contributed by atoms with Gasteiger partial charge in [-0.1, -0.05) is 12.1 Å². The fourth-order valence-electron chi connectivity index (χ4n) is 2.33. The van der Waals surface area contributed by atoms with Crippen molar-refractivity contribution in [2.45, 2.75) is 12.6 Å². The summed E-state index contributed by atoms with van der Waals surface area (Å²) in [4.78, 5) is 17.1. The fraction of sp³-hybridized carbons (Fsp3) is 0.235. The number of thiophene rings is 1. The number of amides is 1. The maximum absolute atomic E-state index is 13.0. The first-order valence-corrected chi connectivity index (χ1v) is 8.86. The predicted octanol–water partition coefficient (Wildman–Crippen LogP) is 3.13. The van der Waals surface area contributed by atoms with Crippen molar-refractivity contribution in [3.05, 3.63) is 53.2 Å². The predicted molar refractivity (Wildman–Crippen MR) is 93.7 cm³/mol. The first-order chi connectivity index (χ1) is 12.9. The molecule has 0 saturated carbocycles. The molecule has 1 aromatic carbocycles. The highest BCUT2D eigenvalue weighted by molar-refractivity contribution is 7.13. The Morgan fingerprint density at radius 1 is 1.26 bits per heavy atom. The number of hydrogen-bond acceptors (Lipinski definition) is 5. The van der Waals surface area contributed by atoms with Crippen molar-refractivity contribution in [3.8, 4) is 16.4 Å². The van der Waals surface area contributed by atoms with E-state index in [1.54, 1.807) is 17.5 Å². The molecule has 0 saturated heterocycles. The Hall–Kier alpha value is -2.72. The van der Waals surface area contributed by atoms with E-state index in [1.165, 1.54) is 28.2 Å². The van der Waals surface area contributed by atoms with E-state index in [2.05, 4.69) is 15.4 Å². The summed E-state index contributed by atoms with van der Waals surface area (Å²) in [6.45, 7) is 0.161. The van der Waals surface area contributed by atoms with Gasteiger partial charge < -0.3 is 10.4 Å². The number of nitrogens with one attached hydrogen (secondary N) is 1. The minimum atomic E-state index is -4.50. The van der Waals surface area contributed by atoms with Crippen LogP contribution in [0.1, 0.15) is 22.6 Å². The van der Waals surface area contributed by atoms with Crippen LogP contribution < -0.4 is 5.32 Å². The van der Waals surface area contributed by atoms with Gasteiger partial charge in [-0.2, -0.15) is 13.2 Å². The van der Waals surface area contributed by atoms with E-state index in [9.17, 15) is 18.0 Å². The van der Waals surface area contributed by atoms with Crippen molar-refractivity contribution in [1.82, 2.24) is 20.1 Å². The summed E-state index contributed by atoms with van der Waals surface area (Å²) >= 11 is 1.33. The quantitative estimate of drug-likeness (QED) is 0.628. The Kier molecular flexibility index (Phi) is 5.57. The third kappa shape index (κ3) is 4.34. The van der Waals surface area contributed by atoms with Crippen molar-refractivity contribution in [1.29, 1.82) is 0 Å². The molecule has 0 fully saturated rings. The number of nitrogens with zero attached hydrogens (tertiary/aromatic N) is 3. The summed E-state index contributed by atoms with van der Waals surface area (Å²) in [5, 5.41) is 17.2. The number of carbonyl (C=O) groups is 1. The van der Waals surface area contributed by atoms with E-state index in [-0.39, 0.29) is 30.5 Å². The second-order valence-electron chi connectivity index (χ2n) is 5.53. The van der Waals surface area contributed by atoms with Gasteiger partial charge in [-0.05, 0) is 36.1 Å². The minimum absolute atomic E-state index is 0.0766. The lowest BCUT2D eigenvalue weighted by molar-refractivity contribution is -0.137. The second-order valence-corrected chi connectivity index (χ2v) is 6.48. The zero-order valence-corrected chi connectivity index (χ0v) is 14.7. The van der Waals surface area contributed by atoms with Crippen LogP contribution in [0.15, 0.2) is 41.8 Å². The lowest BCUT2D eigenvalue weighted by Gasteiger charge is -2.09. The van der Waals surface area contributed by atoms with E-state index in [0.29, 0.717) is 11.3 Å². The van der Waals surface area contributed by atoms with Gasteiger partial charge in [0.15, 0.2) is 5.82 Å². The van der Waals surface area contributed by atoms with Crippen LogP contribution in [0, 0.1) is 0 Å². The minimum Gasteiger partial charge on any atom is -0.396 e. The Balaban J connectivity index is 2.02. The highest BCUT2D eigenvalue weighted by Crippen LogP contribution is 2.31. The molecule has 0 bridgehead atoms. The van der Waals surface area contributed by atoms with Crippen LogP contribution in [0.3, 0.4) is 0 Å². The van der Waals surface area contributed by atoms with Gasteiger partial charge in [0, 0.05) is 13.2 Å². The molecule has 142 valence electrons. The number of alkyl halides is 3. The molecule has 2 aromatic heterocycles. The molecule has 0 spiro atoms. The van der Waals surface area contributed by atoms with E-state index in [4.69, 9.17) is 5.11 Å². The lowest BCUT2D eigenvalue weighted by Crippen LogP contribution is -2.26. The molecule has 3 rings (SSSR count). The molecule has 2 heterocycles. The van der Waals surface area contributed by atoms with Crippen molar-refractivity contribution in [2.75, 3.05) is 13.2 Å². The van der Waals surface area contributed by atoms with Gasteiger partial charge in [-0.25, -0.2) is 9.67 Å². The number of aliphatic hydroxyl groups excluding tert-OH is 1. The zero-order chi connectivity index (χ0) is 19.4. The van der Waals surface area contributed by atoms with Crippen LogP contribution in [0.2, 0.25) is 0 Å². The molecule has 27 heavy (non-hydrogen) atoms. The Morgan fingerprint density at radius 3 is 2.74 bits per heavy atom. The monoisotopic (exact) mass is 396 g/mol.